The Morgan fingerprint density at radius 3 is 2.21 bits per heavy atom. The highest BCUT2D eigenvalue weighted by atomic mass is 32.2. The Kier molecular flexibility index (Phi) is 4.20. The molecule has 1 aliphatic rings. The van der Waals surface area contributed by atoms with Gasteiger partial charge in [-0.25, -0.2) is 0 Å². The SMILES string of the molecule is CSc1ccccc1NC1CC(C)(C)CC(C)(C)C1. The molecule has 2 heteroatoms. The van der Waals surface area contributed by atoms with Gasteiger partial charge in [-0.1, -0.05) is 39.8 Å². The first-order valence-electron chi connectivity index (χ1n) is 7.21. The van der Waals surface area contributed by atoms with Crippen molar-refractivity contribution in [3.8, 4) is 0 Å². The Bertz CT molecular complexity index is 421. The highest BCUT2D eigenvalue weighted by Gasteiger charge is 2.38. The zero-order valence-corrected chi connectivity index (χ0v) is 13.7. The minimum Gasteiger partial charge on any atom is -0.381 e. The highest BCUT2D eigenvalue weighted by Crippen LogP contribution is 2.46. The quantitative estimate of drug-likeness (QED) is 0.740. The number of nitrogens with one attached hydrogen (secondary N) is 1. The van der Waals surface area contributed by atoms with E-state index in [-0.39, 0.29) is 0 Å². The van der Waals surface area contributed by atoms with Crippen molar-refractivity contribution in [2.45, 2.75) is 57.9 Å². The van der Waals surface area contributed by atoms with Crippen LogP contribution in [0.3, 0.4) is 0 Å². The van der Waals surface area contributed by atoms with Crippen molar-refractivity contribution >= 4 is 17.4 Å². The van der Waals surface area contributed by atoms with E-state index in [1.807, 2.05) is 11.8 Å². The van der Waals surface area contributed by atoms with Gasteiger partial charge in [0.15, 0.2) is 0 Å². The molecule has 1 fully saturated rings. The van der Waals surface area contributed by atoms with Gasteiger partial charge < -0.3 is 5.32 Å². The van der Waals surface area contributed by atoms with Gasteiger partial charge in [0.2, 0.25) is 0 Å². The van der Waals surface area contributed by atoms with Crippen molar-refractivity contribution in [2.24, 2.45) is 10.8 Å². The maximum Gasteiger partial charge on any atom is 0.0480 e. The summed E-state index contributed by atoms with van der Waals surface area (Å²) in [6, 6.07) is 9.24. The molecule has 0 amide bonds. The summed E-state index contributed by atoms with van der Waals surface area (Å²) in [6.07, 6.45) is 6.00. The van der Waals surface area contributed by atoms with E-state index in [9.17, 15) is 0 Å². The summed E-state index contributed by atoms with van der Waals surface area (Å²) < 4.78 is 0. The van der Waals surface area contributed by atoms with E-state index in [0.717, 1.165) is 0 Å². The average Bonchev–Trinajstić information content (AvgIpc) is 2.25. The van der Waals surface area contributed by atoms with Crippen molar-refractivity contribution in [3.05, 3.63) is 24.3 Å². The lowest BCUT2D eigenvalue weighted by molar-refractivity contribution is 0.105. The Morgan fingerprint density at radius 1 is 1.05 bits per heavy atom. The second-order valence-electron chi connectivity index (χ2n) is 7.45. The van der Waals surface area contributed by atoms with Crippen molar-refractivity contribution < 1.29 is 0 Å². The third-order valence-electron chi connectivity index (χ3n) is 4.02. The smallest absolute Gasteiger partial charge is 0.0480 e. The number of hydrogen-bond donors (Lipinski definition) is 1. The molecule has 1 aliphatic carbocycles. The van der Waals surface area contributed by atoms with Gasteiger partial charge in [-0.3, -0.25) is 0 Å². The summed E-state index contributed by atoms with van der Waals surface area (Å²) in [5.41, 5.74) is 2.18. The number of hydrogen-bond acceptors (Lipinski definition) is 2. The molecule has 1 aromatic rings. The summed E-state index contributed by atoms with van der Waals surface area (Å²) in [4.78, 5) is 1.35. The average molecular weight is 277 g/mol. The normalized spacial score (nSPS) is 22.2. The summed E-state index contributed by atoms with van der Waals surface area (Å²) in [6.45, 7) is 9.62. The number of anilines is 1. The fourth-order valence-corrected chi connectivity index (χ4v) is 4.49. The van der Waals surface area contributed by atoms with Crippen LogP contribution < -0.4 is 5.32 Å². The predicted molar refractivity (Wildman–Crippen MR) is 87.0 cm³/mol. The molecule has 1 N–H and O–H groups in total. The van der Waals surface area contributed by atoms with E-state index in [2.05, 4.69) is 63.5 Å². The summed E-state index contributed by atoms with van der Waals surface area (Å²) in [5.74, 6) is 0. The van der Waals surface area contributed by atoms with Crippen LogP contribution in [0.5, 0.6) is 0 Å². The van der Waals surface area contributed by atoms with Gasteiger partial charge in [0.25, 0.3) is 0 Å². The van der Waals surface area contributed by atoms with Gasteiger partial charge in [0.1, 0.15) is 0 Å². The largest absolute Gasteiger partial charge is 0.381 e. The van der Waals surface area contributed by atoms with Gasteiger partial charge in [0.05, 0.1) is 0 Å². The first kappa shape index (κ1) is 14.8. The first-order chi connectivity index (χ1) is 8.81. The molecule has 0 aromatic heterocycles. The van der Waals surface area contributed by atoms with E-state index in [1.54, 1.807) is 0 Å². The molecule has 106 valence electrons. The van der Waals surface area contributed by atoms with Crippen LogP contribution in [-0.4, -0.2) is 12.3 Å². The number of benzene rings is 1. The summed E-state index contributed by atoms with van der Waals surface area (Å²) in [7, 11) is 0. The third-order valence-corrected chi connectivity index (χ3v) is 4.82. The standard InChI is InChI=1S/C17H27NS/c1-16(2)10-13(11-17(3,4)12-16)18-14-8-6-7-9-15(14)19-5/h6-9,13,18H,10-12H2,1-5H3. The highest BCUT2D eigenvalue weighted by molar-refractivity contribution is 7.98. The van der Waals surface area contributed by atoms with Crippen LogP contribution in [0.15, 0.2) is 29.2 Å². The van der Waals surface area contributed by atoms with Gasteiger partial charge in [-0.05, 0) is 48.5 Å². The van der Waals surface area contributed by atoms with E-state index in [4.69, 9.17) is 0 Å². The molecule has 1 aromatic carbocycles. The van der Waals surface area contributed by atoms with Crippen LogP contribution in [0.1, 0.15) is 47.0 Å². The molecule has 0 spiro atoms. The van der Waals surface area contributed by atoms with Crippen LogP contribution in [0.25, 0.3) is 0 Å². The molecule has 0 unspecified atom stereocenters. The molecule has 2 rings (SSSR count). The lowest BCUT2D eigenvalue weighted by atomic mass is 9.63. The summed E-state index contributed by atoms with van der Waals surface area (Å²) >= 11 is 1.82. The number of thioether (sulfide) groups is 1. The van der Waals surface area contributed by atoms with Gasteiger partial charge in [-0.2, -0.15) is 0 Å². The van der Waals surface area contributed by atoms with Gasteiger partial charge >= 0.3 is 0 Å². The zero-order chi connectivity index (χ0) is 14.1. The maximum absolute atomic E-state index is 3.79. The molecule has 0 bridgehead atoms. The zero-order valence-electron chi connectivity index (χ0n) is 12.9. The summed E-state index contributed by atoms with van der Waals surface area (Å²) in [5, 5.41) is 3.79. The molecule has 0 heterocycles. The van der Waals surface area contributed by atoms with Crippen LogP contribution >= 0.6 is 11.8 Å². The minimum absolute atomic E-state index is 0.438. The number of rotatable bonds is 3. The molecular formula is C17H27NS. The van der Waals surface area contributed by atoms with Crippen molar-refractivity contribution in [1.82, 2.24) is 0 Å². The Labute approximate surface area is 122 Å². The second-order valence-corrected chi connectivity index (χ2v) is 8.30. The lowest BCUT2D eigenvalue weighted by Crippen LogP contribution is -2.40. The van der Waals surface area contributed by atoms with Gasteiger partial charge in [-0.15, -0.1) is 11.8 Å². The van der Waals surface area contributed by atoms with E-state index >= 15 is 0 Å². The fraction of sp³-hybridized carbons (Fsp3) is 0.647. The van der Waals surface area contributed by atoms with Crippen LogP contribution in [-0.2, 0) is 0 Å². The molecule has 0 atom stereocenters. The van der Waals surface area contributed by atoms with Crippen LogP contribution in [0.2, 0.25) is 0 Å². The molecule has 0 radical (unpaired) electrons. The Balaban J connectivity index is 2.14. The fourth-order valence-electron chi connectivity index (χ4n) is 3.93. The van der Waals surface area contributed by atoms with Crippen molar-refractivity contribution in [1.29, 1.82) is 0 Å². The second kappa shape index (κ2) is 5.40. The Hall–Kier alpha value is -0.630. The third kappa shape index (κ3) is 3.92. The van der Waals surface area contributed by atoms with Gasteiger partial charge in [0, 0.05) is 16.6 Å². The molecule has 19 heavy (non-hydrogen) atoms. The van der Waals surface area contributed by atoms with E-state index in [1.165, 1.54) is 29.8 Å². The minimum atomic E-state index is 0.438. The van der Waals surface area contributed by atoms with E-state index in [0.29, 0.717) is 16.9 Å². The molecule has 1 saturated carbocycles. The van der Waals surface area contributed by atoms with Crippen LogP contribution in [0.4, 0.5) is 5.69 Å². The Morgan fingerprint density at radius 2 is 1.63 bits per heavy atom. The first-order valence-corrected chi connectivity index (χ1v) is 8.43. The topological polar surface area (TPSA) is 12.0 Å². The molecule has 0 aliphatic heterocycles. The number of para-hydroxylation sites is 1. The molecule has 1 nitrogen and oxygen atoms in total. The molecule has 0 saturated heterocycles. The molecular weight excluding hydrogens is 250 g/mol. The monoisotopic (exact) mass is 277 g/mol. The maximum atomic E-state index is 3.79. The van der Waals surface area contributed by atoms with E-state index < -0.39 is 0 Å². The van der Waals surface area contributed by atoms with Crippen molar-refractivity contribution in [3.63, 3.8) is 0 Å². The van der Waals surface area contributed by atoms with Crippen molar-refractivity contribution in [2.75, 3.05) is 11.6 Å². The predicted octanol–water partition coefficient (Wildman–Crippen LogP) is 5.43. The lowest BCUT2D eigenvalue weighted by Gasteiger charge is -2.45. The van der Waals surface area contributed by atoms with Crippen LogP contribution in [0, 0.1) is 10.8 Å².